The monoisotopic (exact) mass is 560 g/mol. The molecule has 1 aliphatic carbocycles. The summed E-state index contributed by atoms with van der Waals surface area (Å²) >= 11 is 5.94. The Kier molecular flexibility index (Phi) is 7.88. The van der Waals surface area contributed by atoms with Crippen LogP contribution in [0.15, 0.2) is 94.1 Å². The van der Waals surface area contributed by atoms with Crippen LogP contribution in [0, 0.1) is 5.82 Å². The Balaban J connectivity index is 1.23. The van der Waals surface area contributed by atoms with Crippen molar-refractivity contribution in [2.45, 2.75) is 25.4 Å². The van der Waals surface area contributed by atoms with Gasteiger partial charge in [-0.15, -0.1) is 0 Å². The van der Waals surface area contributed by atoms with Gasteiger partial charge in [0.25, 0.3) is 5.91 Å². The fourth-order valence-electron chi connectivity index (χ4n) is 4.28. The molecule has 9 nitrogen and oxygen atoms in total. The van der Waals surface area contributed by atoms with E-state index in [1.165, 1.54) is 18.5 Å². The number of anilines is 1. The minimum absolute atomic E-state index is 0.00742. The molecule has 40 heavy (non-hydrogen) atoms. The van der Waals surface area contributed by atoms with Crippen LogP contribution in [0.5, 0.6) is 0 Å². The first kappa shape index (κ1) is 27.0. The molecule has 1 atom stereocenters. The van der Waals surface area contributed by atoms with Crippen LogP contribution in [0.1, 0.15) is 18.9 Å². The summed E-state index contributed by atoms with van der Waals surface area (Å²) in [5.74, 6) is 0.632. The van der Waals surface area contributed by atoms with Crippen LogP contribution in [-0.2, 0) is 20.8 Å². The third-order valence-electron chi connectivity index (χ3n) is 6.45. The number of aromatic nitrogens is 2. The van der Waals surface area contributed by atoms with Gasteiger partial charge in [-0.1, -0.05) is 23.7 Å². The molecule has 3 heterocycles. The van der Waals surface area contributed by atoms with Crippen LogP contribution in [0.4, 0.5) is 10.1 Å². The Labute approximate surface area is 235 Å². The number of allylic oxidation sites excluding steroid dienone is 1. The molecule has 5 rings (SSSR count). The molecule has 2 N–H and O–H groups in total. The lowest BCUT2D eigenvalue weighted by atomic mass is 9.82. The first-order valence-corrected chi connectivity index (χ1v) is 12.8. The number of halogens is 2. The van der Waals surface area contributed by atoms with Crippen molar-refractivity contribution in [2.75, 3.05) is 19.0 Å². The first-order valence-electron chi connectivity index (χ1n) is 12.4. The van der Waals surface area contributed by atoms with E-state index in [2.05, 4.69) is 30.6 Å². The summed E-state index contributed by atoms with van der Waals surface area (Å²) in [5, 5.41) is 6.01. The average molecular weight is 561 g/mol. The van der Waals surface area contributed by atoms with Gasteiger partial charge in [-0.25, -0.2) is 9.38 Å². The van der Waals surface area contributed by atoms with Crippen molar-refractivity contribution in [3.05, 3.63) is 100 Å². The molecule has 0 saturated carbocycles. The maximum absolute atomic E-state index is 13.6. The van der Waals surface area contributed by atoms with Crippen molar-refractivity contribution in [1.82, 2.24) is 15.3 Å². The standard InChI is InChI=1S/C29H26ClFN6O3/c1-29-13-26(39-2)25(12-20(29)28(35-17-36-29)37-19-7-8-22(31)21(30)11-19)40-16-27(38)34-15-18-6-9-24(33-14-18)23-5-3-4-10-32-23/h3-12,14,17H,13,15-16H2,1-2H3,(H,34,38)(H,35,36,37). The van der Waals surface area contributed by atoms with Crippen LogP contribution in [0.3, 0.4) is 0 Å². The van der Waals surface area contributed by atoms with E-state index in [9.17, 15) is 9.18 Å². The average Bonchev–Trinajstić information content (AvgIpc) is 2.97. The Hall–Kier alpha value is -4.57. The molecular formula is C29H26ClFN6O3. The van der Waals surface area contributed by atoms with Gasteiger partial charge in [0.2, 0.25) is 0 Å². The lowest BCUT2D eigenvalue weighted by Gasteiger charge is -2.35. The number of amides is 1. The smallest absolute Gasteiger partial charge is 0.258 e. The van der Waals surface area contributed by atoms with Crippen LogP contribution in [-0.4, -0.2) is 47.3 Å². The molecule has 1 aromatic carbocycles. The van der Waals surface area contributed by atoms with Gasteiger partial charge in [0.15, 0.2) is 12.4 Å². The number of aliphatic imine (C=N–C) groups is 2. The lowest BCUT2D eigenvalue weighted by Crippen LogP contribution is -2.39. The minimum Gasteiger partial charge on any atom is -0.497 e. The van der Waals surface area contributed by atoms with Crippen LogP contribution in [0.2, 0.25) is 5.02 Å². The SMILES string of the molecule is COC1=C(OCC(=O)NCc2ccc(-c3ccccn3)nc2)C=C2C(Nc3ccc(F)c(Cl)c3)=NC=NC2(C)C1. The van der Waals surface area contributed by atoms with Gasteiger partial charge in [0.1, 0.15) is 23.8 Å². The van der Waals surface area contributed by atoms with E-state index in [1.54, 1.807) is 31.6 Å². The fraction of sp³-hybridized carbons (Fsp3) is 0.207. The Bertz CT molecular complexity index is 1540. The number of amidine groups is 1. The number of hydrogen-bond acceptors (Lipinski definition) is 8. The summed E-state index contributed by atoms with van der Waals surface area (Å²) in [6.07, 6.45) is 7.03. The van der Waals surface area contributed by atoms with E-state index >= 15 is 0 Å². The number of carbonyl (C=O) groups excluding carboxylic acids is 1. The van der Waals surface area contributed by atoms with Crippen LogP contribution < -0.4 is 10.6 Å². The van der Waals surface area contributed by atoms with E-state index in [-0.39, 0.29) is 17.5 Å². The summed E-state index contributed by atoms with van der Waals surface area (Å²) < 4.78 is 25.1. The molecule has 11 heteroatoms. The molecule has 1 amide bonds. The van der Waals surface area contributed by atoms with Gasteiger partial charge >= 0.3 is 0 Å². The molecule has 1 aliphatic heterocycles. The summed E-state index contributed by atoms with van der Waals surface area (Å²) in [5.41, 5.74) is 2.99. The number of rotatable bonds is 8. The number of nitrogens with one attached hydrogen (secondary N) is 2. The summed E-state index contributed by atoms with van der Waals surface area (Å²) in [4.78, 5) is 30.3. The number of carbonyl (C=O) groups is 1. The van der Waals surface area contributed by atoms with Gasteiger partial charge in [0.05, 0.1) is 29.1 Å². The highest BCUT2D eigenvalue weighted by molar-refractivity contribution is 6.31. The topological polar surface area (TPSA) is 110 Å². The molecule has 0 radical (unpaired) electrons. The van der Waals surface area contributed by atoms with Crippen LogP contribution >= 0.6 is 11.6 Å². The van der Waals surface area contributed by atoms with Gasteiger partial charge in [-0.2, -0.15) is 0 Å². The Morgan fingerprint density at radius 1 is 1.15 bits per heavy atom. The molecule has 0 fully saturated rings. The zero-order valence-electron chi connectivity index (χ0n) is 21.8. The first-order chi connectivity index (χ1) is 19.3. The van der Waals surface area contributed by atoms with Gasteiger partial charge < -0.3 is 20.1 Å². The Morgan fingerprint density at radius 3 is 2.73 bits per heavy atom. The third-order valence-corrected chi connectivity index (χ3v) is 6.74. The van der Waals surface area contributed by atoms with Crippen molar-refractivity contribution in [3.8, 4) is 11.4 Å². The second-order valence-corrected chi connectivity index (χ2v) is 9.72. The maximum Gasteiger partial charge on any atom is 0.258 e. The minimum atomic E-state index is -0.678. The van der Waals surface area contributed by atoms with E-state index in [4.69, 9.17) is 21.1 Å². The van der Waals surface area contributed by atoms with E-state index in [0.29, 0.717) is 36.0 Å². The predicted octanol–water partition coefficient (Wildman–Crippen LogP) is 5.07. The molecule has 2 aliphatic rings. The van der Waals surface area contributed by atoms with Crippen molar-refractivity contribution in [2.24, 2.45) is 9.98 Å². The van der Waals surface area contributed by atoms with E-state index < -0.39 is 11.4 Å². The normalized spacial score (nSPS) is 17.9. The van der Waals surface area contributed by atoms with Gasteiger partial charge in [0, 0.05) is 36.6 Å². The molecule has 3 aromatic rings. The number of methoxy groups -OCH3 is 1. The second-order valence-electron chi connectivity index (χ2n) is 9.31. The molecule has 1 unspecified atom stereocenters. The Morgan fingerprint density at radius 2 is 2.00 bits per heavy atom. The van der Waals surface area contributed by atoms with Gasteiger partial charge in [-0.3, -0.25) is 19.8 Å². The summed E-state index contributed by atoms with van der Waals surface area (Å²) in [7, 11) is 1.54. The number of pyridine rings is 2. The van der Waals surface area contributed by atoms with Crippen LogP contribution in [0.25, 0.3) is 11.4 Å². The largest absolute Gasteiger partial charge is 0.497 e. The van der Waals surface area contributed by atoms with E-state index in [1.807, 2.05) is 37.3 Å². The maximum atomic E-state index is 13.6. The highest BCUT2D eigenvalue weighted by atomic mass is 35.5. The number of fused-ring (bicyclic) bond motifs is 1. The van der Waals surface area contributed by atoms with Crippen molar-refractivity contribution in [1.29, 1.82) is 0 Å². The molecule has 0 spiro atoms. The van der Waals surface area contributed by atoms with Gasteiger partial charge in [-0.05, 0) is 55.0 Å². The highest BCUT2D eigenvalue weighted by Crippen LogP contribution is 2.39. The second kappa shape index (κ2) is 11.7. The third kappa shape index (κ3) is 6.02. The molecule has 0 saturated heterocycles. The summed E-state index contributed by atoms with van der Waals surface area (Å²) in [6, 6.07) is 13.7. The summed E-state index contributed by atoms with van der Waals surface area (Å²) in [6.45, 7) is 2.01. The molecule has 0 bridgehead atoms. The van der Waals surface area contributed by atoms with Crippen molar-refractivity contribution >= 4 is 35.4 Å². The molecular weight excluding hydrogens is 535 g/mol. The quantitative estimate of drug-likeness (QED) is 0.398. The fourth-order valence-corrected chi connectivity index (χ4v) is 4.46. The zero-order valence-corrected chi connectivity index (χ0v) is 22.6. The zero-order chi connectivity index (χ0) is 28.1. The molecule has 204 valence electrons. The number of ether oxygens (including phenoxy) is 2. The number of benzene rings is 1. The number of nitrogens with zero attached hydrogens (tertiary/aromatic N) is 4. The molecule has 2 aromatic heterocycles. The van der Waals surface area contributed by atoms with Crippen molar-refractivity contribution in [3.63, 3.8) is 0 Å². The predicted molar refractivity (Wildman–Crippen MR) is 151 cm³/mol. The lowest BCUT2D eigenvalue weighted by molar-refractivity contribution is -0.124. The van der Waals surface area contributed by atoms with Crippen molar-refractivity contribution < 1.29 is 18.7 Å². The highest BCUT2D eigenvalue weighted by Gasteiger charge is 2.39. The number of hydrogen-bond donors (Lipinski definition) is 2. The van der Waals surface area contributed by atoms with E-state index in [0.717, 1.165) is 22.5 Å².